The number of rotatable bonds is 3. The summed E-state index contributed by atoms with van der Waals surface area (Å²) in [5.41, 5.74) is 1.53. The van der Waals surface area contributed by atoms with Crippen LogP contribution in [0.1, 0.15) is 39.7 Å². The fourth-order valence-corrected chi connectivity index (χ4v) is 4.50. The third-order valence-electron chi connectivity index (χ3n) is 4.80. The molecular weight excluding hydrogens is 407 g/mol. The minimum atomic E-state index is -4.68. The smallest absolute Gasteiger partial charge is 0.471 e. The number of carbonyl (C=O) groups is 1. The van der Waals surface area contributed by atoms with Gasteiger partial charge in [-0.05, 0) is 49.2 Å². The van der Waals surface area contributed by atoms with E-state index in [9.17, 15) is 18.0 Å². The van der Waals surface area contributed by atoms with Gasteiger partial charge in [-0.1, -0.05) is 5.16 Å². The van der Waals surface area contributed by atoms with Gasteiger partial charge in [0.25, 0.3) is 5.91 Å². The maximum atomic E-state index is 12.9. The minimum absolute atomic E-state index is 0.100. The standard InChI is InChI=1S/C19H16F3N3O3S/c1-10-15-12(9-14(29-15)16-23-18(28-24-16)19(20,21)22)7-8-25(10)17(26)11-3-5-13(27-2)6-4-11/h3-6,9-10H,7-8H2,1-2H3. The van der Waals surface area contributed by atoms with E-state index in [0.717, 1.165) is 10.4 Å². The number of amides is 1. The predicted molar refractivity (Wildman–Crippen MR) is 98.8 cm³/mol. The fraction of sp³-hybridized carbons (Fsp3) is 0.316. The van der Waals surface area contributed by atoms with E-state index in [0.29, 0.717) is 29.2 Å². The van der Waals surface area contributed by atoms with Gasteiger partial charge in [0, 0.05) is 17.0 Å². The van der Waals surface area contributed by atoms with Crippen LogP contribution in [0.4, 0.5) is 13.2 Å². The van der Waals surface area contributed by atoms with E-state index < -0.39 is 12.1 Å². The van der Waals surface area contributed by atoms with E-state index in [1.165, 1.54) is 11.3 Å². The first-order valence-corrected chi connectivity index (χ1v) is 9.58. The van der Waals surface area contributed by atoms with Crippen molar-refractivity contribution in [2.45, 2.75) is 25.6 Å². The number of hydrogen-bond donors (Lipinski definition) is 0. The molecule has 0 spiro atoms. The Balaban J connectivity index is 1.58. The van der Waals surface area contributed by atoms with Crippen LogP contribution in [0.5, 0.6) is 5.75 Å². The second kappa shape index (κ2) is 7.18. The number of fused-ring (bicyclic) bond motifs is 1. The van der Waals surface area contributed by atoms with Crippen LogP contribution >= 0.6 is 11.3 Å². The number of thiophene rings is 1. The molecule has 1 atom stereocenters. The third-order valence-corrected chi connectivity index (χ3v) is 6.14. The highest BCUT2D eigenvalue weighted by atomic mass is 32.1. The lowest BCUT2D eigenvalue weighted by atomic mass is 10.0. The van der Waals surface area contributed by atoms with E-state index in [1.54, 1.807) is 42.3 Å². The molecule has 152 valence electrons. The Bertz CT molecular complexity index is 1040. The third kappa shape index (κ3) is 3.59. The molecular formula is C19H16F3N3O3S. The molecule has 3 heterocycles. The summed E-state index contributed by atoms with van der Waals surface area (Å²) in [6.07, 6.45) is -4.08. The predicted octanol–water partition coefficient (Wildman–Crippen LogP) is 4.59. The second-order valence-electron chi connectivity index (χ2n) is 6.57. The molecule has 0 saturated carbocycles. The summed E-state index contributed by atoms with van der Waals surface area (Å²) in [4.78, 5) is 19.5. The minimum Gasteiger partial charge on any atom is -0.497 e. The quantitative estimate of drug-likeness (QED) is 0.617. The highest BCUT2D eigenvalue weighted by Crippen LogP contribution is 2.40. The maximum absolute atomic E-state index is 12.9. The Labute approximate surface area is 167 Å². The summed E-state index contributed by atoms with van der Waals surface area (Å²) in [5, 5.41) is 3.45. The van der Waals surface area contributed by atoms with Crippen LogP contribution in [0, 0.1) is 0 Å². The van der Waals surface area contributed by atoms with Crippen LogP contribution in [0.2, 0.25) is 0 Å². The molecule has 29 heavy (non-hydrogen) atoms. The van der Waals surface area contributed by atoms with Gasteiger partial charge in [-0.25, -0.2) is 0 Å². The largest absolute Gasteiger partial charge is 0.497 e. The van der Waals surface area contributed by atoms with Gasteiger partial charge in [0.05, 0.1) is 18.0 Å². The van der Waals surface area contributed by atoms with Gasteiger partial charge in [-0.15, -0.1) is 11.3 Å². The first kappa shape index (κ1) is 19.4. The first-order chi connectivity index (χ1) is 13.8. The van der Waals surface area contributed by atoms with Crippen molar-refractivity contribution in [1.29, 1.82) is 0 Å². The van der Waals surface area contributed by atoms with Gasteiger partial charge < -0.3 is 14.2 Å². The molecule has 10 heteroatoms. The summed E-state index contributed by atoms with van der Waals surface area (Å²) in [5.74, 6) is -0.920. The lowest BCUT2D eigenvalue weighted by Crippen LogP contribution is -2.38. The highest BCUT2D eigenvalue weighted by molar-refractivity contribution is 7.15. The molecule has 1 amide bonds. The number of halogens is 3. The molecule has 1 aromatic carbocycles. The molecule has 1 aliphatic heterocycles. The Morgan fingerprint density at radius 2 is 2.03 bits per heavy atom. The van der Waals surface area contributed by atoms with Crippen molar-refractivity contribution in [2.75, 3.05) is 13.7 Å². The van der Waals surface area contributed by atoms with Crippen LogP contribution in [0.25, 0.3) is 10.7 Å². The zero-order valence-corrected chi connectivity index (χ0v) is 16.3. The maximum Gasteiger partial charge on any atom is 0.471 e. The van der Waals surface area contributed by atoms with E-state index >= 15 is 0 Å². The van der Waals surface area contributed by atoms with Crippen LogP contribution in [-0.4, -0.2) is 34.6 Å². The normalized spacial score (nSPS) is 16.6. The van der Waals surface area contributed by atoms with Gasteiger partial charge in [-0.3, -0.25) is 4.79 Å². The molecule has 4 rings (SSSR count). The number of alkyl halides is 3. The molecule has 6 nitrogen and oxygen atoms in total. The molecule has 0 aliphatic carbocycles. The van der Waals surface area contributed by atoms with Crippen molar-refractivity contribution in [1.82, 2.24) is 15.0 Å². The van der Waals surface area contributed by atoms with Gasteiger partial charge in [0.2, 0.25) is 5.82 Å². The van der Waals surface area contributed by atoms with Gasteiger partial charge >= 0.3 is 12.1 Å². The zero-order chi connectivity index (χ0) is 20.8. The topological polar surface area (TPSA) is 68.5 Å². The molecule has 0 N–H and O–H groups in total. The van der Waals surface area contributed by atoms with Crippen molar-refractivity contribution >= 4 is 17.2 Å². The number of methoxy groups -OCH3 is 1. The SMILES string of the molecule is COc1ccc(C(=O)N2CCc3cc(-c4noc(C(F)(F)F)n4)sc3C2C)cc1. The molecule has 2 aromatic heterocycles. The Kier molecular flexibility index (Phi) is 4.81. The molecule has 1 unspecified atom stereocenters. The van der Waals surface area contributed by atoms with Crippen LogP contribution < -0.4 is 4.74 Å². The Hall–Kier alpha value is -2.88. The summed E-state index contributed by atoms with van der Waals surface area (Å²) < 4.78 is 47.6. The van der Waals surface area contributed by atoms with Crippen LogP contribution in [-0.2, 0) is 12.6 Å². The number of benzene rings is 1. The van der Waals surface area contributed by atoms with Crippen LogP contribution in [0.15, 0.2) is 34.9 Å². The second-order valence-corrected chi connectivity index (χ2v) is 7.66. The van der Waals surface area contributed by atoms with Gasteiger partial charge in [0.15, 0.2) is 0 Å². The summed E-state index contributed by atoms with van der Waals surface area (Å²) >= 11 is 1.28. The van der Waals surface area contributed by atoms with Crippen molar-refractivity contribution in [2.24, 2.45) is 0 Å². The molecule has 0 saturated heterocycles. The molecule has 0 bridgehead atoms. The Morgan fingerprint density at radius 3 is 2.66 bits per heavy atom. The number of carbonyl (C=O) groups excluding carboxylic acids is 1. The monoisotopic (exact) mass is 423 g/mol. The molecule has 1 aliphatic rings. The lowest BCUT2D eigenvalue weighted by Gasteiger charge is -2.33. The summed E-state index contributed by atoms with van der Waals surface area (Å²) in [6.45, 7) is 2.41. The first-order valence-electron chi connectivity index (χ1n) is 8.77. The average Bonchev–Trinajstić information content (AvgIpc) is 3.35. The van der Waals surface area contributed by atoms with Crippen molar-refractivity contribution in [3.63, 3.8) is 0 Å². The molecule has 3 aromatic rings. The molecule has 0 radical (unpaired) electrons. The number of hydrogen-bond acceptors (Lipinski definition) is 6. The highest BCUT2D eigenvalue weighted by Gasteiger charge is 2.39. The van der Waals surface area contributed by atoms with Crippen molar-refractivity contribution < 1.29 is 27.2 Å². The van der Waals surface area contributed by atoms with E-state index in [4.69, 9.17) is 4.74 Å². The van der Waals surface area contributed by atoms with E-state index in [-0.39, 0.29) is 17.8 Å². The van der Waals surface area contributed by atoms with Gasteiger partial charge in [-0.2, -0.15) is 18.2 Å². The average molecular weight is 423 g/mol. The fourth-order valence-electron chi connectivity index (χ4n) is 3.29. The summed E-state index contributed by atoms with van der Waals surface area (Å²) in [6, 6.07) is 8.43. The van der Waals surface area contributed by atoms with E-state index in [2.05, 4.69) is 14.7 Å². The Morgan fingerprint density at radius 1 is 1.31 bits per heavy atom. The summed E-state index contributed by atoms with van der Waals surface area (Å²) in [7, 11) is 1.56. The van der Waals surface area contributed by atoms with Crippen molar-refractivity contribution in [3.8, 4) is 16.5 Å². The van der Waals surface area contributed by atoms with Crippen molar-refractivity contribution in [3.05, 3.63) is 52.2 Å². The number of ether oxygens (including phenoxy) is 1. The molecule has 0 fully saturated rings. The number of nitrogens with zero attached hydrogens (tertiary/aromatic N) is 3. The lowest BCUT2D eigenvalue weighted by molar-refractivity contribution is -0.159. The zero-order valence-electron chi connectivity index (χ0n) is 15.5. The van der Waals surface area contributed by atoms with E-state index in [1.807, 2.05) is 6.92 Å². The number of aromatic nitrogens is 2. The van der Waals surface area contributed by atoms with Crippen LogP contribution in [0.3, 0.4) is 0 Å². The van der Waals surface area contributed by atoms with Gasteiger partial charge in [0.1, 0.15) is 5.75 Å².